The van der Waals surface area contributed by atoms with Crippen LogP contribution in [0.4, 0.5) is 0 Å². The van der Waals surface area contributed by atoms with Crippen molar-refractivity contribution in [3.63, 3.8) is 0 Å². The van der Waals surface area contributed by atoms with Crippen molar-refractivity contribution in [1.82, 2.24) is 0 Å². The van der Waals surface area contributed by atoms with Gasteiger partial charge in [0, 0.05) is 0 Å². The number of rotatable bonds is 21. The van der Waals surface area contributed by atoms with Crippen LogP contribution in [0.25, 0.3) is 0 Å². The fourth-order valence-electron chi connectivity index (χ4n) is 3.64. The third kappa shape index (κ3) is 12.0. The van der Waals surface area contributed by atoms with E-state index in [-0.39, 0.29) is 5.92 Å². The van der Waals surface area contributed by atoms with E-state index in [1.165, 1.54) is 37.7 Å². The summed E-state index contributed by atoms with van der Waals surface area (Å²) in [5, 5.41) is 0. The Bertz CT molecular complexity index is 483. The zero-order valence-corrected chi connectivity index (χ0v) is 20.7. The number of hydrogen-bond acceptors (Lipinski definition) is 4. The van der Waals surface area contributed by atoms with Crippen LogP contribution in [0.1, 0.15) is 97.5 Å². The van der Waals surface area contributed by atoms with E-state index in [0.717, 1.165) is 32.1 Å². The Morgan fingerprint density at radius 2 is 1.23 bits per heavy atom. The molecule has 0 aromatic heterocycles. The van der Waals surface area contributed by atoms with Crippen molar-refractivity contribution < 1.29 is 18.9 Å². The van der Waals surface area contributed by atoms with Crippen LogP contribution in [-0.2, 0) is 25.6 Å². The van der Waals surface area contributed by atoms with Crippen LogP contribution in [0.3, 0.4) is 0 Å². The van der Waals surface area contributed by atoms with Gasteiger partial charge in [0.25, 0.3) is 5.97 Å². The molecule has 0 amide bonds. The summed E-state index contributed by atoms with van der Waals surface area (Å²) >= 11 is 0. The third-order valence-electron chi connectivity index (χ3n) is 5.36. The van der Waals surface area contributed by atoms with Crippen LogP contribution < -0.4 is 0 Å². The molecule has 4 nitrogen and oxygen atoms in total. The van der Waals surface area contributed by atoms with Gasteiger partial charge in [-0.1, -0.05) is 96.6 Å². The minimum atomic E-state index is -1.01. The summed E-state index contributed by atoms with van der Waals surface area (Å²) in [5.41, 5.74) is 1.19. The summed E-state index contributed by atoms with van der Waals surface area (Å²) in [6.07, 6.45) is 11.4. The lowest BCUT2D eigenvalue weighted by Gasteiger charge is -2.39. The first-order valence-electron chi connectivity index (χ1n) is 12.8. The number of unbranched alkanes of at least 4 members (excludes halogenated alkanes) is 5. The summed E-state index contributed by atoms with van der Waals surface area (Å²) in [6, 6.07) is 10.3. The van der Waals surface area contributed by atoms with Crippen molar-refractivity contribution in [3.05, 3.63) is 35.9 Å². The average molecular weight is 437 g/mol. The highest BCUT2D eigenvalue weighted by Gasteiger charge is 2.42. The first-order chi connectivity index (χ1) is 15.2. The fourth-order valence-corrected chi connectivity index (χ4v) is 3.64. The molecule has 0 aliphatic carbocycles. The first-order valence-corrected chi connectivity index (χ1v) is 12.8. The van der Waals surface area contributed by atoms with Crippen molar-refractivity contribution in [2.75, 3.05) is 26.4 Å². The van der Waals surface area contributed by atoms with Gasteiger partial charge in [0.15, 0.2) is 0 Å². The fraction of sp³-hybridized carbons (Fsp3) is 0.778. The molecule has 1 unspecified atom stereocenters. The topological polar surface area (TPSA) is 36.9 Å². The Morgan fingerprint density at radius 3 is 1.77 bits per heavy atom. The molecule has 4 heteroatoms. The molecule has 0 saturated heterocycles. The molecule has 0 fully saturated rings. The van der Waals surface area contributed by atoms with E-state index >= 15 is 0 Å². The summed E-state index contributed by atoms with van der Waals surface area (Å²) < 4.78 is 25.1. The lowest BCUT2D eigenvalue weighted by atomic mass is 9.98. The van der Waals surface area contributed by atoms with Gasteiger partial charge in [0.05, 0.1) is 39.0 Å². The molecule has 0 saturated carbocycles. The molecule has 31 heavy (non-hydrogen) atoms. The van der Waals surface area contributed by atoms with E-state index in [2.05, 4.69) is 52.0 Å². The Kier molecular flexibility index (Phi) is 16.9. The summed E-state index contributed by atoms with van der Waals surface area (Å²) in [5.74, 6) is -0.964. The van der Waals surface area contributed by atoms with E-state index in [4.69, 9.17) is 18.9 Å². The van der Waals surface area contributed by atoms with Crippen molar-refractivity contribution in [2.45, 2.75) is 104 Å². The standard InChI is InChI=1S/C27H48O4/c1-5-9-10-11-12-16-19-26(24-28-23-25-17-14-13-15-18-25)27(29-20-6-2,30-21-7-3)31-22-8-4/h13-15,17-18,26H,5-12,16,19-24H2,1-4H3. The Balaban J connectivity index is 2.85. The van der Waals surface area contributed by atoms with E-state index in [0.29, 0.717) is 33.0 Å². The lowest BCUT2D eigenvalue weighted by molar-refractivity contribution is -0.409. The molecule has 0 heterocycles. The van der Waals surface area contributed by atoms with Crippen LogP contribution in [0.2, 0.25) is 0 Å². The van der Waals surface area contributed by atoms with Gasteiger partial charge in [-0.3, -0.25) is 0 Å². The monoisotopic (exact) mass is 436 g/mol. The predicted octanol–water partition coefficient (Wildman–Crippen LogP) is 7.50. The van der Waals surface area contributed by atoms with Gasteiger partial charge >= 0.3 is 0 Å². The van der Waals surface area contributed by atoms with Crippen molar-refractivity contribution in [1.29, 1.82) is 0 Å². The number of ether oxygens (including phenoxy) is 4. The molecule has 0 aliphatic heterocycles. The van der Waals surface area contributed by atoms with Crippen LogP contribution in [-0.4, -0.2) is 32.4 Å². The molecule has 0 N–H and O–H groups in total. The van der Waals surface area contributed by atoms with Gasteiger partial charge in [0.2, 0.25) is 0 Å². The Labute approximate surface area is 192 Å². The van der Waals surface area contributed by atoms with Gasteiger partial charge in [-0.25, -0.2) is 0 Å². The van der Waals surface area contributed by atoms with Gasteiger partial charge in [-0.05, 0) is 31.2 Å². The normalized spacial score (nSPS) is 12.9. The smallest absolute Gasteiger partial charge is 0.288 e. The zero-order valence-electron chi connectivity index (χ0n) is 20.7. The van der Waals surface area contributed by atoms with E-state index < -0.39 is 5.97 Å². The second-order valence-electron chi connectivity index (χ2n) is 8.40. The SMILES string of the molecule is CCCCCCCCC(COCc1ccccc1)C(OCCC)(OCCC)OCCC. The van der Waals surface area contributed by atoms with Crippen LogP contribution in [0.5, 0.6) is 0 Å². The maximum atomic E-state index is 6.32. The molecular formula is C27H48O4. The molecule has 0 aliphatic rings. The minimum absolute atomic E-state index is 0.0482. The van der Waals surface area contributed by atoms with Crippen LogP contribution in [0.15, 0.2) is 30.3 Å². The summed E-state index contributed by atoms with van der Waals surface area (Å²) in [7, 11) is 0. The second-order valence-corrected chi connectivity index (χ2v) is 8.40. The highest BCUT2D eigenvalue weighted by atomic mass is 16.9. The zero-order chi connectivity index (χ0) is 22.6. The molecule has 1 aromatic rings. The largest absolute Gasteiger partial charge is 0.376 e. The average Bonchev–Trinajstić information content (AvgIpc) is 2.80. The molecule has 1 atom stereocenters. The van der Waals surface area contributed by atoms with Crippen LogP contribution >= 0.6 is 0 Å². The number of benzene rings is 1. The van der Waals surface area contributed by atoms with Crippen molar-refractivity contribution in [2.24, 2.45) is 5.92 Å². The molecule has 0 radical (unpaired) electrons. The van der Waals surface area contributed by atoms with Gasteiger partial charge in [-0.2, -0.15) is 0 Å². The molecule has 1 aromatic carbocycles. The number of hydrogen-bond donors (Lipinski definition) is 0. The van der Waals surface area contributed by atoms with E-state index in [9.17, 15) is 0 Å². The second kappa shape index (κ2) is 18.6. The van der Waals surface area contributed by atoms with Gasteiger partial charge < -0.3 is 18.9 Å². The molecule has 0 spiro atoms. The quantitative estimate of drug-likeness (QED) is 0.148. The molecule has 1 rings (SSSR count). The maximum absolute atomic E-state index is 6.32. The van der Waals surface area contributed by atoms with Crippen molar-refractivity contribution in [3.8, 4) is 0 Å². The molecule has 0 bridgehead atoms. The van der Waals surface area contributed by atoms with Crippen LogP contribution in [0, 0.1) is 5.92 Å². The first kappa shape index (κ1) is 28.1. The molecular weight excluding hydrogens is 388 g/mol. The van der Waals surface area contributed by atoms with Gasteiger partial charge in [0.1, 0.15) is 0 Å². The minimum Gasteiger partial charge on any atom is -0.376 e. The highest BCUT2D eigenvalue weighted by molar-refractivity contribution is 5.13. The predicted molar refractivity (Wildman–Crippen MR) is 129 cm³/mol. The van der Waals surface area contributed by atoms with Crippen molar-refractivity contribution >= 4 is 0 Å². The summed E-state index contributed by atoms with van der Waals surface area (Å²) in [4.78, 5) is 0. The highest BCUT2D eigenvalue weighted by Crippen LogP contribution is 2.32. The summed E-state index contributed by atoms with van der Waals surface area (Å²) in [6.45, 7) is 11.7. The lowest BCUT2D eigenvalue weighted by Crippen LogP contribution is -2.49. The molecule has 180 valence electrons. The maximum Gasteiger partial charge on any atom is 0.288 e. The van der Waals surface area contributed by atoms with Gasteiger partial charge in [-0.15, -0.1) is 0 Å². The Hall–Kier alpha value is -0.940. The van der Waals surface area contributed by atoms with E-state index in [1.54, 1.807) is 0 Å². The van der Waals surface area contributed by atoms with E-state index in [1.807, 2.05) is 6.07 Å². The Morgan fingerprint density at radius 1 is 0.677 bits per heavy atom. The third-order valence-corrected chi connectivity index (χ3v) is 5.36.